The van der Waals surface area contributed by atoms with E-state index in [1.54, 1.807) is 13.2 Å². The largest absolute Gasteiger partial charge is 0.496 e. The van der Waals surface area contributed by atoms with Crippen molar-refractivity contribution in [1.29, 1.82) is 0 Å². The summed E-state index contributed by atoms with van der Waals surface area (Å²) >= 11 is 9.41. The third-order valence-electron chi connectivity index (χ3n) is 3.27. The molecule has 0 radical (unpaired) electrons. The Hall–Kier alpha value is -1.10. The van der Waals surface area contributed by atoms with Crippen LogP contribution in [0.15, 0.2) is 40.9 Å². The van der Waals surface area contributed by atoms with Crippen LogP contribution in [-0.4, -0.2) is 7.11 Å². The van der Waals surface area contributed by atoms with Crippen molar-refractivity contribution < 1.29 is 9.13 Å². The first-order valence-corrected chi connectivity index (χ1v) is 7.69. The minimum Gasteiger partial charge on any atom is -0.496 e. The van der Waals surface area contributed by atoms with E-state index in [2.05, 4.69) is 21.2 Å². The molecular weight excluding hydrogens is 357 g/mol. The average Bonchev–Trinajstić information content (AvgIpc) is 2.46. The van der Waals surface area contributed by atoms with Crippen LogP contribution in [0.2, 0.25) is 5.02 Å². The fourth-order valence-corrected chi connectivity index (χ4v) is 2.90. The molecular formula is C16H16BrClFNO. The van der Waals surface area contributed by atoms with Crippen molar-refractivity contribution in [2.45, 2.75) is 19.5 Å². The molecule has 1 N–H and O–H groups in total. The van der Waals surface area contributed by atoms with Crippen molar-refractivity contribution in [3.05, 3.63) is 62.8 Å². The predicted molar refractivity (Wildman–Crippen MR) is 87.4 cm³/mol. The molecule has 0 saturated carbocycles. The second kappa shape index (κ2) is 7.25. The van der Waals surface area contributed by atoms with Gasteiger partial charge in [-0.05, 0) is 42.8 Å². The molecule has 0 aliphatic heterocycles. The number of nitrogens with one attached hydrogen (secondary N) is 1. The fraction of sp³-hybridized carbons (Fsp3) is 0.250. The second-order valence-corrected chi connectivity index (χ2v) is 6.02. The van der Waals surface area contributed by atoms with E-state index < -0.39 is 0 Å². The van der Waals surface area contributed by atoms with Crippen LogP contribution >= 0.6 is 27.5 Å². The summed E-state index contributed by atoms with van der Waals surface area (Å²) in [4.78, 5) is 0. The molecule has 2 rings (SSSR count). The predicted octanol–water partition coefficient (Wildman–Crippen LogP) is 5.10. The lowest BCUT2D eigenvalue weighted by Crippen LogP contribution is -2.19. The van der Waals surface area contributed by atoms with E-state index in [1.807, 2.05) is 25.1 Å². The van der Waals surface area contributed by atoms with Gasteiger partial charge in [0.15, 0.2) is 0 Å². The molecule has 1 atom stereocenters. The highest BCUT2D eigenvalue weighted by Gasteiger charge is 2.12. The summed E-state index contributed by atoms with van der Waals surface area (Å²) in [6.07, 6.45) is 0. The summed E-state index contributed by atoms with van der Waals surface area (Å²) in [5, 5.41) is 4.04. The standard InChI is InChI=1S/C16H16BrClFNO/c1-10(14-8-13(19)5-6-16(14)21-2)20-9-11-3-4-12(18)7-15(11)17/h3-8,10,20H,9H2,1-2H3. The molecule has 0 saturated heterocycles. The van der Waals surface area contributed by atoms with E-state index in [-0.39, 0.29) is 11.9 Å². The highest BCUT2D eigenvalue weighted by atomic mass is 79.9. The van der Waals surface area contributed by atoms with Crippen LogP contribution in [-0.2, 0) is 6.54 Å². The van der Waals surface area contributed by atoms with Gasteiger partial charge >= 0.3 is 0 Å². The summed E-state index contributed by atoms with van der Waals surface area (Å²) in [6.45, 7) is 2.61. The Morgan fingerprint density at radius 2 is 2.05 bits per heavy atom. The maximum Gasteiger partial charge on any atom is 0.123 e. The fourth-order valence-electron chi connectivity index (χ4n) is 2.08. The number of ether oxygens (including phenoxy) is 1. The van der Waals surface area contributed by atoms with Crippen LogP contribution < -0.4 is 10.1 Å². The third kappa shape index (κ3) is 4.19. The Kier molecular flexibility index (Phi) is 5.62. The van der Waals surface area contributed by atoms with E-state index in [4.69, 9.17) is 16.3 Å². The molecule has 0 aliphatic carbocycles. The zero-order chi connectivity index (χ0) is 15.4. The third-order valence-corrected chi connectivity index (χ3v) is 4.25. The van der Waals surface area contributed by atoms with Gasteiger partial charge in [0.25, 0.3) is 0 Å². The molecule has 0 fully saturated rings. The molecule has 0 aliphatic rings. The normalized spacial score (nSPS) is 12.2. The average molecular weight is 373 g/mol. The van der Waals surface area contributed by atoms with Gasteiger partial charge in [-0.15, -0.1) is 0 Å². The minimum absolute atomic E-state index is 0.0433. The minimum atomic E-state index is -0.271. The zero-order valence-electron chi connectivity index (χ0n) is 11.8. The number of rotatable bonds is 5. The van der Waals surface area contributed by atoms with E-state index in [0.717, 1.165) is 15.6 Å². The lowest BCUT2D eigenvalue weighted by molar-refractivity contribution is 0.399. The van der Waals surface area contributed by atoms with Gasteiger partial charge < -0.3 is 10.1 Å². The number of benzene rings is 2. The maximum absolute atomic E-state index is 13.4. The number of hydrogen-bond acceptors (Lipinski definition) is 2. The molecule has 0 heterocycles. The number of hydrogen-bond donors (Lipinski definition) is 1. The molecule has 2 nitrogen and oxygen atoms in total. The molecule has 1 unspecified atom stereocenters. The Labute approximate surface area is 137 Å². The Morgan fingerprint density at radius 1 is 1.29 bits per heavy atom. The molecule has 5 heteroatoms. The number of halogens is 3. The lowest BCUT2D eigenvalue weighted by atomic mass is 10.1. The molecule has 0 spiro atoms. The van der Waals surface area contributed by atoms with Gasteiger partial charge in [-0.1, -0.05) is 33.6 Å². The van der Waals surface area contributed by atoms with Crippen LogP contribution in [0, 0.1) is 5.82 Å². The first kappa shape index (κ1) is 16.3. The Morgan fingerprint density at radius 3 is 2.71 bits per heavy atom. The Bertz CT molecular complexity index is 636. The molecule has 112 valence electrons. The van der Waals surface area contributed by atoms with Gasteiger partial charge in [0.1, 0.15) is 11.6 Å². The van der Waals surface area contributed by atoms with Crippen molar-refractivity contribution in [1.82, 2.24) is 5.32 Å². The SMILES string of the molecule is COc1ccc(F)cc1C(C)NCc1ccc(Cl)cc1Br. The smallest absolute Gasteiger partial charge is 0.123 e. The Balaban J connectivity index is 2.11. The molecule has 0 aromatic heterocycles. The topological polar surface area (TPSA) is 21.3 Å². The van der Waals surface area contributed by atoms with Crippen LogP contribution in [0.4, 0.5) is 4.39 Å². The summed E-state index contributed by atoms with van der Waals surface area (Å²) in [7, 11) is 1.58. The van der Waals surface area contributed by atoms with E-state index >= 15 is 0 Å². The van der Waals surface area contributed by atoms with Gasteiger partial charge in [0.2, 0.25) is 0 Å². The van der Waals surface area contributed by atoms with Crippen LogP contribution in [0.1, 0.15) is 24.1 Å². The van der Waals surface area contributed by atoms with Gasteiger partial charge in [0.05, 0.1) is 7.11 Å². The van der Waals surface area contributed by atoms with Crippen LogP contribution in [0.5, 0.6) is 5.75 Å². The molecule has 2 aromatic rings. The van der Waals surface area contributed by atoms with Gasteiger partial charge in [-0.25, -0.2) is 4.39 Å². The van der Waals surface area contributed by atoms with Crippen molar-refractivity contribution in [2.75, 3.05) is 7.11 Å². The summed E-state index contributed by atoms with van der Waals surface area (Å²) in [5.41, 5.74) is 1.88. The quantitative estimate of drug-likeness (QED) is 0.788. The van der Waals surface area contributed by atoms with E-state index in [9.17, 15) is 4.39 Å². The highest BCUT2D eigenvalue weighted by Crippen LogP contribution is 2.27. The van der Waals surface area contributed by atoms with Gasteiger partial charge in [-0.3, -0.25) is 0 Å². The van der Waals surface area contributed by atoms with Crippen molar-refractivity contribution >= 4 is 27.5 Å². The molecule has 0 bridgehead atoms. The maximum atomic E-state index is 13.4. The second-order valence-electron chi connectivity index (χ2n) is 4.72. The van der Waals surface area contributed by atoms with Crippen LogP contribution in [0.3, 0.4) is 0 Å². The summed E-state index contributed by atoms with van der Waals surface area (Å²) < 4.78 is 19.6. The molecule has 2 aromatic carbocycles. The van der Waals surface area contributed by atoms with Crippen LogP contribution in [0.25, 0.3) is 0 Å². The van der Waals surface area contributed by atoms with E-state index in [1.165, 1.54) is 12.1 Å². The summed E-state index contributed by atoms with van der Waals surface area (Å²) in [5.74, 6) is 0.402. The van der Waals surface area contributed by atoms with Gasteiger partial charge in [-0.2, -0.15) is 0 Å². The molecule has 21 heavy (non-hydrogen) atoms. The lowest BCUT2D eigenvalue weighted by Gasteiger charge is -2.18. The first-order valence-electron chi connectivity index (χ1n) is 6.52. The monoisotopic (exact) mass is 371 g/mol. The van der Waals surface area contributed by atoms with E-state index in [0.29, 0.717) is 17.3 Å². The summed E-state index contributed by atoms with van der Waals surface area (Å²) in [6, 6.07) is 10.1. The van der Waals surface area contributed by atoms with Crippen molar-refractivity contribution in [3.63, 3.8) is 0 Å². The number of methoxy groups -OCH3 is 1. The van der Waals surface area contributed by atoms with Crippen molar-refractivity contribution in [2.24, 2.45) is 0 Å². The first-order chi connectivity index (χ1) is 10.0. The van der Waals surface area contributed by atoms with Crippen molar-refractivity contribution in [3.8, 4) is 5.75 Å². The highest BCUT2D eigenvalue weighted by molar-refractivity contribution is 9.10. The van der Waals surface area contributed by atoms with Gasteiger partial charge in [0, 0.05) is 27.6 Å². The molecule has 0 amide bonds. The zero-order valence-corrected chi connectivity index (χ0v) is 14.1.